The van der Waals surface area contributed by atoms with Crippen LogP contribution in [0.5, 0.6) is 0 Å². The highest BCUT2D eigenvalue weighted by Gasteiger charge is 2.29. The molecule has 86 valence electrons. The Bertz CT molecular complexity index is 568. The van der Waals surface area contributed by atoms with Crippen LogP contribution in [0.4, 0.5) is 0 Å². The quantitative estimate of drug-likeness (QED) is 0.582. The topological polar surface area (TPSA) is 23.1 Å². The lowest BCUT2D eigenvalue weighted by atomic mass is 10.00. The number of halogens is 1. The molecule has 0 amide bonds. The van der Waals surface area contributed by atoms with E-state index in [4.69, 9.17) is 0 Å². The van der Waals surface area contributed by atoms with E-state index in [0.717, 1.165) is 21.5 Å². The molecule has 0 spiro atoms. The smallest absolute Gasteiger partial charge is 0.162 e. The molecule has 0 aromatic heterocycles. The first kappa shape index (κ1) is 11.3. The first-order chi connectivity index (χ1) is 8.31. The molecule has 1 heterocycles. The third-order valence-corrected chi connectivity index (χ3v) is 5.30. The van der Waals surface area contributed by atoms with Crippen molar-refractivity contribution in [1.29, 1.82) is 0 Å². The summed E-state index contributed by atoms with van der Waals surface area (Å²) in [7, 11) is 0. The van der Waals surface area contributed by atoms with E-state index >= 15 is 0 Å². The first-order valence-corrected chi connectivity index (χ1v) is 7.75. The van der Waals surface area contributed by atoms with Crippen LogP contribution in [0.25, 0.3) is 0 Å². The van der Waals surface area contributed by atoms with Crippen molar-refractivity contribution < 1.29 is 4.55 Å². The highest BCUT2D eigenvalue weighted by molar-refractivity contribution is 9.08. The summed E-state index contributed by atoms with van der Waals surface area (Å²) in [4.78, 5) is 1.94. The van der Waals surface area contributed by atoms with Crippen molar-refractivity contribution in [3.05, 3.63) is 59.2 Å². The fraction of sp³-hybridized carbons (Fsp3) is 0.143. The van der Waals surface area contributed by atoms with Gasteiger partial charge in [-0.2, -0.15) is 0 Å². The van der Waals surface area contributed by atoms with E-state index in [0.29, 0.717) is 0 Å². The third kappa shape index (κ3) is 1.82. The maximum absolute atomic E-state index is 12.5. The SMILES string of the molecule is [O-][S+]1c2ccccc2Cc2c(CBr)cccc21. The van der Waals surface area contributed by atoms with Gasteiger partial charge in [-0.3, -0.25) is 0 Å². The van der Waals surface area contributed by atoms with Crippen LogP contribution >= 0.6 is 15.9 Å². The van der Waals surface area contributed by atoms with Crippen LogP contribution in [-0.4, -0.2) is 4.55 Å². The molecule has 17 heavy (non-hydrogen) atoms. The molecule has 0 aliphatic carbocycles. The zero-order valence-electron chi connectivity index (χ0n) is 9.15. The molecule has 1 unspecified atom stereocenters. The summed E-state index contributed by atoms with van der Waals surface area (Å²) in [5.74, 6) is 0. The fourth-order valence-corrected chi connectivity index (χ4v) is 4.22. The third-order valence-electron chi connectivity index (χ3n) is 3.11. The number of hydrogen-bond acceptors (Lipinski definition) is 1. The van der Waals surface area contributed by atoms with Crippen LogP contribution in [0.3, 0.4) is 0 Å². The number of benzene rings is 2. The lowest BCUT2D eigenvalue weighted by Crippen LogP contribution is -2.15. The van der Waals surface area contributed by atoms with Crippen LogP contribution < -0.4 is 0 Å². The normalized spacial score (nSPS) is 17.4. The Morgan fingerprint density at radius 2 is 1.82 bits per heavy atom. The molecule has 1 aliphatic rings. The van der Waals surface area contributed by atoms with Gasteiger partial charge < -0.3 is 4.55 Å². The molecule has 1 aliphatic heterocycles. The average molecular weight is 307 g/mol. The van der Waals surface area contributed by atoms with E-state index < -0.39 is 11.2 Å². The van der Waals surface area contributed by atoms with Crippen LogP contribution in [0.2, 0.25) is 0 Å². The summed E-state index contributed by atoms with van der Waals surface area (Å²) in [6, 6.07) is 14.1. The standard InChI is InChI=1S/C14H11BrOS/c15-9-11-5-3-7-14-12(11)8-10-4-1-2-6-13(10)17(14)16/h1-7H,8-9H2. The van der Waals surface area contributed by atoms with Crippen molar-refractivity contribution in [2.24, 2.45) is 0 Å². The van der Waals surface area contributed by atoms with Crippen LogP contribution in [0, 0.1) is 0 Å². The van der Waals surface area contributed by atoms with Gasteiger partial charge in [0, 0.05) is 34.1 Å². The predicted molar refractivity (Wildman–Crippen MR) is 73.0 cm³/mol. The van der Waals surface area contributed by atoms with Gasteiger partial charge in [-0.25, -0.2) is 0 Å². The summed E-state index contributed by atoms with van der Waals surface area (Å²) in [6.45, 7) is 0. The monoisotopic (exact) mass is 306 g/mol. The summed E-state index contributed by atoms with van der Waals surface area (Å²) >= 11 is 2.47. The van der Waals surface area contributed by atoms with Gasteiger partial charge in [0.25, 0.3) is 0 Å². The molecule has 0 radical (unpaired) electrons. The zero-order valence-corrected chi connectivity index (χ0v) is 11.6. The first-order valence-electron chi connectivity index (χ1n) is 5.47. The molecule has 0 N–H and O–H groups in total. The molecular formula is C14H11BrOS. The van der Waals surface area contributed by atoms with Crippen molar-refractivity contribution >= 4 is 27.1 Å². The zero-order chi connectivity index (χ0) is 11.8. The van der Waals surface area contributed by atoms with Crippen LogP contribution in [0.15, 0.2) is 52.3 Å². The molecule has 0 saturated carbocycles. The predicted octanol–water partition coefficient (Wildman–Crippen LogP) is 3.65. The second kappa shape index (κ2) is 4.48. The largest absolute Gasteiger partial charge is 0.606 e. The molecule has 3 heteroatoms. The van der Waals surface area contributed by atoms with Gasteiger partial charge in [-0.15, -0.1) is 0 Å². The Hall–Kier alpha value is -0.770. The average Bonchev–Trinajstić information content (AvgIpc) is 2.38. The van der Waals surface area contributed by atoms with Gasteiger partial charge in [-0.1, -0.05) is 46.3 Å². The fourth-order valence-electron chi connectivity index (χ4n) is 2.25. The van der Waals surface area contributed by atoms with E-state index in [1.807, 2.05) is 30.3 Å². The lowest BCUT2D eigenvalue weighted by molar-refractivity contribution is 0.590. The maximum Gasteiger partial charge on any atom is 0.162 e. The van der Waals surface area contributed by atoms with E-state index in [1.54, 1.807) is 0 Å². The van der Waals surface area contributed by atoms with E-state index in [2.05, 4.69) is 28.1 Å². The molecule has 3 rings (SSSR count). The Kier molecular flexibility index (Phi) is 2.99. The van der Waals surface area contributed by atoms with Gasteiger partial charge in [-0.05, 0) is 17.7 Å². The Balaban J connectivity index is 2.19. The molecule has 2 aromatic rings. The number of hydrogen-bond donors (Lipinski definition) is 0. The molecule has 0 bridgehead atoms. The van der Waals surface area contributed by atoms with Crippen LogP contribution in [-0.2, 0) is 22.9 Å². The molecule has 1 nitrogen and oxygen atoms in total. The van der Waals surface area contributed by atoms with Gasteiger partial charge >= 0.3 is 0 Å². The Labute approximate surface area is 112 Å². The molecule has 1 atom stereocenters. The maximum atomic E-state index is 12.5. The minimum atomic E-state index is -1.02. The van der Waals surface area contributed by atoms with Crippen molar-refractivity contribution in [3.8, 4) is 0 Å². The van der Waals surface area contributed by atoms with Crippen molar-refractivity contribution in [1.82, 2.24) is 0 Å². The number of fused-ring (bicyclic) bond motifs is 2. The number of alkyl halides is 1. The second-order valence-corrected chi connectivity index (χ2v) is 6.06. The van der Waals surface area contributed by atoms with E-state index in [-0.39, 0.29) is 0 Å². The van der Waals surface area contributed by atoms with E-state index in [9.17, 15) is 4.55 Å². The Morgan fingerprint density at radius 1 is 1.06 bits per heavy atom. The van der Waals surface area contributed by atoms with Crippen molar-refractivity contribution in [2.45, 2.75) is 21.5 Å². The van der Waals surface area contributed by atoms with Crippen molar-refractivity contribution in [3.63, 3.8) is 0 Å². The number of rotatable bonds is 1. The Morgan fingerprint density at radius 3 is 2.65 bits per heavy atom. The minimum absolute atomic E-state index is 0.815. The summed E-state index contributed by atoms with van der Waals surface area (Å²) < 4.78 is 12.5. The van der Waals surface area contributed by atoms with Gasteiger partial charge in [0.05, 0.1) is 0 Å². The van der Waals surface area contributed by atoms with Gasteiger partial charge in [0.2, 0.25) is 0 Å². The van der Waals surface area contributed by atoms with Crippen LogP contribution in [0.1, 0.15) is 16.7 Å². The summed E-state index contributed by atoms with van der Waals surface area (Å²) in [5.41, 5.74) is 3.65. The van der Waals surface area contributed by atoms with E-state index in [1.165, 1.54) is 16.7 Å². The molecule has 0 fully saturated rings. The summed E-state index contributed by atoms with van der Waals surface area (Å²) in [5, 5.41) is 0.815. The minimum Gasteiger partial charge on any atom is -0.606 e. The molecule has 0 saturated heterocycles. The van der Waals surface area contributed by atoms with Gasteiger partial charge in [0.1, 0.15) is 0 Å². The van der Waals surface area contributed by atoms with Gasteiger partial charge in [0.15, 0.2) is 9.79 Å². The second-order valence-electron chi connectivity index (χ2n) is 4.08. The highest BCUT2D eigenvalue weighted by atomic mass is 79.9. The molecule has 2 aromatic carbocycles. The summed E-state index contributed by atoms with van der Waals surface area (Å²) in [6.07, 6.45) is 0.888. The van der Waals surface area contributed by atoms with Crippen molar-refractivity contribution in [2.75, 3.05) is 0 Å². The molecular weight excluding hydrogens is 296 g/mol. The highest BCUT2D eigenvalue weighted by Crippen LogP contribution is 2.36. The lowest BCUT2D eigenvalue weighted by Gasteiger charge is -2.23.